The first-order chi connectivity index (χ1) is 17.7. The fourth-order valence-corrected chi connectivity index (χ4v) is 5.46. The van der Waals surface area contributed by atoms with Crippen LogP contribution in [0.4, 0.5) is 0 Å². The van der Waals surface area contributed by atoms with Gasteiger partial charge in [0, 0.05) is 44.3 Å². The standard InChI is InChI=1S/C29H31N7/c1-35-15-14-32-29(35)21-11-12-22(23(16-21)17-30)18-36(19-27-33-24-8-2-3-9-25(24)34-27)26-10-4-6-20-7-5-13-31-28(20)26/h2-3,5,7-9,11-16,26H,4,6,10,17-19,30H2,1H3,(H,33,34). The number of hydrogen-bond acceptors (Lipinski definition) is 5. The minimum Gasteiger partial charge on any atom is -0.341 e. The van der Waals surface area contributed by atoms with Crippen LogP contribution in [0.15, 0.2) is 73.2 Å². The molecule has 0 saturated carbocycles. The largest absolute Gasteiger partial charge is 0.341 e. The Balaban J connectivity index is 1.37. The number of para-hydroxylation sites is 2. The summed E-state index contributed by atoms with van der Waals surface area (Å²) >= 11 is 0. The molecule has 1 aliphatic carbocycles. The van der Waals surface area contributed by atoms with Crippen LogP contribution in [0, 0.1) is 0 Å². The van der Waals surface area contributed by atoms with Gasteiger partial charge < -0.3 is 15.3 Å². The summed E-state index contributed by atoms with van der Waals surface area (Å²) in [7, 11) is 2.01. The minimum absolute atomic E-state index is 0.225. The average Bonchev–Trinajstić information content (AvgIpc) is 3.53. The summed E-state index contributed by atoms with van der Waals surface area (Å²) in [5, 5.41) is 0. The molecule has 3 N–H and O–H groups in total. The van der Waals surface area contributed by atoms with E-state index < -0.39 is 0 Å². The average molecular weight is 478 g/mol. The number of benzene rings is 2. The maximum Gasteiger partial charge on any atom is 0.139 e. The Morgan fingerprint density at radius 3 is 2.78 bits per heavy atom. The molecule has 0 saturated heterocycles. The number of aryl methyl sites for hydroxylation is 2. The zero-order valence-electron chi connectivity index (χ0n) is 20.6. The van der Waals surface area contributed by atoms with Gasteiger partial charge in [0.05, 0.1) is 29.3 Å². The Hall–Kier alpha value is -3.81. The van der Waals surface area contributed by atoms with Crippen LogP contribution < -0.4 is 5.73 Å². The van der Waals surface area contributed by atoms with E-state index >= 15 is 0 Å². The van der Waals surface area contributed by atoms with Crippen LogP contribution >= 0.6 is 0 Å². The van der Waals surface area contributed by atoms with Gasteiger partial charge in [-0.3, -0.25) is 9.88 Å². The first kappa shape index (κ1) is 22.6. The summed E-state index contributed by atoms with van der Waals surface area (Å²) in [5.41, 5.74) is 14.3. The summed E-state index contributed by atoms with van der Waals surface area (Å²) in [5.74, 6) is 1.92. The van der Waals surface area contributed by atoms with E-state index in [0.717, 1.165) is 59.6 Å². The lowest BCUT2D eigenvalue weighted by molar-refractivity contribution is 0.153. The third-order valence-corrected chi connectivity index (χ3v) is 7.28. The van der Waals surface area contributed by atoms with Crippen molar-refractivity contribution in [3.05, 3.63) is 101 Å². The van der Waals surface area contributed by atoms with Gasteiger partial charge in [0.25, 0.3) is 0 Å². The molecule has 1 unspecified atom stereocenters. The number of pyridine rings is 1. The lowest BCUT2D eigenvalue weighted by atomic mass is 9.90. The Labute approximate surface area is 211 Å². The Morgan fingerprint density at radius 1 is 1.03 bits per heavy atom. The molecule has 2 aromatic carbocycles. The molecule has 7 nitrogen and oxygen atoms in total. The molecule has 3 aromatic heterocycles. The molecule has 0 bridgehead atoms. The van der Waals surface area contributed by atoms with E-state index in [-0.39, 0.29) is 6.04 Å². The molecule has 6 rings (SSSR count). The molecule has 0 fully saturated rings. The number of nitrogens with zero attached hydrogens (tertiary/aromatic N) is 5. The van der Waals surface area contributed by atoms with Crippen LogP contribution in [-0.4, -0.2) is 29.4 Å². The topological polar surface area (TPSA) is 88.7 Å². The SMILES string of the molecule is Cn1ccnc1-c1ccc(CN(Cc2nc3ccccc3[nH]2)C2CCCc3cccnc32)c(CN)c1. The molecule has 0 spiro atoms. The summed E-state index contributed by atoms with van der Waals surface area (Å²) in [6.07, 6.45) is 9.03. The lowest BCUT2D eigenvalue weighted by Gasteiger charge is -2.35. The van der Waals surface area contributed by atoms with Gasteiger partial charge >= 0.3 is 0 Å². The Bertz CT molecular complexity index is 1470. The normalized spacial score (nSPS) is 15.5. The smallest absolute Gasteiger partial charge is 0.139 e. The van der Waals surface area contributed by atoms with E-state index in [2.05, 4.69) is 51.3 Å². The maximum absolute atomic E-state index is 6.27. The molecule has 1 atom stereocenters. The van der Waals surface area contributed by atoms with Gasteiger partial charge in [-0.1, -0.05) is 30.3 Å². The first-order valence-electron chi connectivity index (χ1n) is 12.6. The van der Waals surface area contributed by atoms with Crippen molar-refractivity contribution < 1.29 is 0 Å². The van der Waals surface area contributed by atoms with E-state index in [1.165, 1.54) is 16.8 Å². The van der Waals surface area contributed by atoms with Crippen molar-refractivity contribution in [3.8, 4) is 11.4 Å². The number of aromatic nitrogens is 5. The van der Waals surface area contributed by atoms with Gasteiger partial charge in [-0.2, -0.15) is 0 Å². The molecule has 0 amide bonds. The van der Waals surface area contributed by atoms with E-state index in [1.54, 1.807) is 0 Å². The van der Waals surface area contributed by atoms with Crippen molar-refractivity contribution in [1.29, 1.82) is 0 Å². The third kappa shape index (κ3) is 4.32. The number of aromatic amines is 1. The van der Waals surface area contributed by atoms with E-state index in [1.807, 2.05) is 48.4 Å². The monoisotopic (exact) mass is 477 g/mol. The minimum atomic E-state index is 0.225. The van der Waals surface area contributed by atoms with Crippen LogP contribution in [0.1, 0.15) is 47.1 Å². The summed E-state index contributed by atoms with van der Waals surface area (Å²) in [6.45, 7) is 1.96. The predicted molar refractivity (Wildman–Crippen MR) is 142 cm³/mol. The van der Waals surface area contributed by atoms with Crippen LogP contribution in [-0.2, 0) is 33.1 Å². The van der Waals surface area contributed by atoms with Crippen LogP contribution in [0.2, 0.25) is 0 Å². The second-order valence-corrected chi connectivity index (χ2v) is 9.61. The molecule has 5 aromatic rings. The van der Waals surface area contributed by atoms with Crippen LogP contribution in [0.25, 0.3) is 22.4 Å². The van der Waals surface area contributed by atoms with Gasteiger partial charge in [-0.05, 0) is 60.2 Å². The maximum atomic E-state index is 6.27. The highest BCUT2D eigenvalue weighted by Crippen LogP contribution is 2.35. The highest BCUT2D eigenvalue weighted by atomic mass is 15.2. The highest BCUT2D eigenvalue weighted by molar-refractivity contribution is 5.74. The highest BCUT2D eigenvalue weighted by Gasteiger charge is 2.28. The third-order valence-electron chi connectivity index (χ3n) is 7.28. The predicted octanol–water partition coefficient (Wildman–Crippen LogP) is 4.90. The van der Waals surface area contributed by atoms with E-state index in [9.17, 15) is 0 Å². The number of H-pyrrole nitrogens is 1. The van der Waals surface area contributed by atoms with Crippen molar-refractivity contribution in [2.45, 2.75) is 44.9 Å². The number of nitrogens with two attached hydrogens (primary N) is 1. The van der Waals surface area contributed by atoms with Crippen molar-refractivity contribution in [3.63, 3.8) is 0 Å². The fourth-order valence-electron chi connectivity index (χ4n) is 5.46. The molecule has 36 heavy (non-hydrogen) atoms. The Kier molecular flexibility index (Phi) is 6.09. The number of nitrogens with one attached hydrogen (secondary N) is 1. The zero-order valence-corrected chi connectivity index (χ0v) is 20.6. The van der Waals surface area contributed by atoms with Gasteiger partial charge in [-0.25, -0.2) is 9.97 Å². The Morgan fingerprint density at radius 2 is 1.94 bits per heavy atom. The second-order valence-electron chi connectivity index (χ2n) is 9.61. The van der Waals surface area contributed by atoms with Crippen LogP contribution in [0.5, 0.6) is 0 Å². The molecule has 182 valence electrons. The van der Waals surface area contributed by atoms with E-state index in [4.69, 9.17) is 15.7 Å². The van der Waals surface area contributed by atoms with Gasteiger partial charge in [0.1, 0.15) is 11.6 Å². The molecular formula is C29H31N7. The quantitative estimate of drug-likeness (QED) is 0.348. The summed E-state index contributed by atoms with van der Waals surface area (Å²) < 4.78 is 2.04. The summed E-state index contributed by atoms with van der Waals surface area (Å²) in [4.78, 5) is 20.3. The molecule has 7 heteroatoms. The molecular weight excluding hydrogens is 446 g/mol. The number of rotatable bonds is 7. The number of fused-ring (bicyclic) bond motifs is 2. The molecule has 3 heterocycles. The number of imidazole rings is 2. The fraction of sp³-hybridized carbons (Fsp3) is 0.276. The zero-order chi connectivity index (χ0) is 24.5. The second kappa shape index (κ2) is 9.68. The summed E-state index contributed by atoms with van der Waals surface area (Å²) in [6, 6.07) is 19.3. The van der Waals surface area contributed by atoms with Crippen molar-refractivity contribution >= 4 is 11.0 Å². The van der Waals surface area contributed by atoms with E-state index in [0.29, 0.717) is 13.1 Å². The van der Waals surface area contributed by atoms with Gasteiger partial charge in [0.15, 0.2) is 0 Å². The molecule has 0 radical (unpaired) electrons. The van der Waals surface area contributed by atoms with Crippen molar-refractivity contribution in [2.75, 3.05) is 0 Å². The lowest BCUT2D eigenvalue weighted by Crippen LogP contribution is -2.32. The van der Waals surface area contributed by atoms with Gasteiger partial charge in [-0.15, -0.1) is 0 Å². The van der Waals surface area contributed by atoms with Crippen molar-refractivity contribution in [1.82, 2.24) is 29.4 Å². The van der Waals surface area contributed by atoms with Crippen LogP contribution in [0.3, 0.4) is 0 Å². The number of hydrogen-bond donors (Lipinski definition) is 2. The van der Waals surface area contributed by atoms with Gasteiger partial charge in [0.2, 0.25) is 0 Å². The van der Waals surface area contributed by atoms with Crippen molar-refractivity contribution in [2.24, 2.45) is 12.8 Å². The molecule has 1 aliphatic rings. The first-order valence-corrected chi connectivity index (χ1v) is 12.6. The molecule has 0 aliphatic heterocycles.